The number of hydrogen-bond acceptors (Lipinski definition) is 4. The summed E-state index contributed by atoms with van der Waals surface area (Å²) in [5, 5.41) is 3.36. The summed E-state index contributed by atoms with van der Waals surface area (Å²) < 4.78 is 1.07. The van der Waals surface area contributed by atoms with Crippen LogP contribution in [0.15, 0.2) is 6.07 Å². The van der Waals surface area contributed by atoms with E-state index in [1.807, 2.05) is 0 Å². The van der Waals surface area contributed by atoms with E-state index in [1.54, 1.807) is 6.07 Å². The zero-order valence-corrected chi connectivity index (χ0v) is 14.0. The Morgan fingerprint density at radius 3 is 2.70 bits per heavy atom. The molecule has 0 unspecified atom stereocenters. The summed E-state index contributed by atoms with van der Waals surface area (Å²) in [6, 6.07) is 2.18. The summed E-state index contributed by atoms with van der Waals surface area (Å²) in [6.07, 6.45) is 3.26. The zero-order chi connectivity index (χ0) is 14.5. The Labute approximate surface area is 134 Å². The number of carbonyl (C=O) groups excluding carboxylic acids is 1. The second-order valence-corrected chi connectivity index (χ2v) is 7.40. The molecule has 1 aromatic heterocycles. The van der Waals surface area contributed by atoms with Crippen LogP contribution in [0.5, 0.6) is 0 Å². The number of ketones is 1. The molecule has 1 aliphatic heterocycles. The maximum absolute atomic E-state index is 12.4. The smallest absolute Gasteiger partial charge is 0.179 e. The maximum Gasteiger partial charge on any atom is 0.179 e. The van der Waals surface area contributed by atoms with Crippen LogP contribution in [0.4, 0.5) is 0 Å². The van der Waals surface area contributed by atoms with Gasteiger partial charge < -0.3 is 5.32 Å². The molecule has 20 heavy (non-hydrogen) atoms. The van der Waals surface area contributed by atoms with Crippen molar-refractivity contribution >= 4 is 40.3 Å². The van der Waals surface area contributed by atoms with Crippen molar-refractivity contribution in [3.8, 4) is 0 Å². The molecule has 1 saturated heterocycles. The fraction of sp³-hybridized carbons (Fsp3) is 0.643. The highest BCUT2D eigenvalue weighted by Crippen LogP contribution is 2.31. The van der Waals surface area contributed by atoms with E-state index in [0.29, 0.717) is 26.8 Å². The van der Waals surface area contributed by atoms with E-state index in [0.717, 1.165) is 38.9 Å². The highest BCUT2D eigenvalue weighted by molar-refractivity contribution is 7.20. The molecule has 1 N–H and O–H groups in total. The Hall–Kier alpha value is -0.130. The largest absolute Gasteiger partial charge is 0.317 e. The van der Waals surface area contributed by atoms with Crippen LogP contribution < -0.4 is 5.32 Å². The fourth-order valence-corrected chi connectivity index (χ4v) is 4.15. The van der Waals surface area contributed by atoms with Crippen LogP contribution in [0.1, 0.15) is 36.5 Å². The Balaban J connectivity index is 2.03. The highest BCUT2D eigenvalue weighted by Gasteiger charge is 2.24. The Morgan fingerprint density at radius 2 is 2.15 bits per heavy atom. The molecule has 1 fully saturated rings. The van der Waals surface area contributed by atoms with Crippen molar-refractivity contribution in [1.29, 1.82) is 0 Å². The molecular formula is C14H20Cl2N2OS. The van der Waals surface area contributed by atoms with Gasteiger partial charge >= 0.3 is 0 Å². The molecule has 0 saturated carbocycles. The zero-order valence-electron chi connectivity index (χ0n) is 11.6. The lowest BCUT2D eigenvalue weighted by molar-refractivity contribution is 0.0865. The topological polar surface area (TPSA) is 32.3 Å². The number of piperidine rings is 1. The minimum Gasteiger partial charge on any atom is -0.317 e. The van der Waals surface area contributed by atoms with E-state index in [4.69, 9.17) is 23.2 Å². The first kappa shape index (κ1) is 16.2. The van der Waals surface area contributed by atoms with Gasteiger partial charge in [0.05, 0.1) is 16.4 Å². The van der Waals surface area contributed by atoms with Crippen LogP contribution in [0.3, 0.4) is 0 Å². The molecule has 112 valence electrons. The van der Waals surface area contributed by atoms with Gasteiger partial charge in [-0.1, -0.05) is 30.1 Å². The molecule has 2 heterocycles. The van der Waals surface area contributed by atoms with Crippen molar-refractivity contribution in [2.24, 2.45) is 0 Å². The number of rotatable bonds is 6. The lowest BCUT2D eigenvalue weighted by atomic mass is 10.0. The van der Waals surface area contributed by atoms with E-state index in [-0.39, 0.29) is 5.78 Å². The predicted octanol–water partition coefficient (Wildman–Crippen LogP) is 3.70. The van der Waals surface area contributed by atoms with Crippen LogP contribution in [0.2, 0.25) is 8.67 Å². The summed E-state index contributed by atoms with van der Waals surface area (Å²) in [5.41, 5.74) is 0.566. The molecule has 2 rings (SSSR count). The Bertz CT molecular complexity index is 458. The van der Waals surface area contributed by atoms with Crippen molar-refractivity contribution in [1.82, 2.24) is 10.2 Å². The molecule has 0 aliphatic carbocycles. The summed E-state index contributed by atoms with van der Waals surface area (Å²) in [6.45, 7) is 5.60. The summed E-state index contributed by atoms with van der Waals surface area (Å²) >= 11 is 13.2. The second kappa shape index (κ2) is 7.76. The number of thiophene rings is 1. The third-order valence-electron chi connectivity index (χ3n) is 3.64. The molecule has 1 aromatic rings. The van der Waals surface area contributed by atoms with Gasteiger partial charge in [0.1, 0.15) is 4.34 Å². The number of Topliss-reactive ketones (excluding diaryl/α,β-unsaturated/α-hetero) is 1. The van der Waals surface area contributed by atoms with Gasteiger partial charge in [-0.3, -0.25) is 9.69 Å². The van der Waals surface area contributed by atoms with Crippen molar-refractivity contribution in [3.63, 3.8) is 0 Å². The molecule has 0 atom stereocenters. The second-order valence-electron chi connectivity index (χ2n) is 5.11. The lowest BCUT2D eigenvalue weighted by Gasteiger charge is -2.34. The first-order valence-electron chi connectivity index (χ1n) is 7.04. The molecule has 0 amide bonds. The van der Waals surface area contributed by atoms with Gasteiger partial charge in [0.25, 0.3) is 0 Å². The fourth-order valence-electron chi connectivity index (χ4n) is 2.65. The Kier molecular flexibility index (Phi) is 6.30. The van der Waals surface area contributed by atoms with Gasteiger partial charge in [0.2, 0.25) is 0 Å². The molecule has 0 aromatic carbocycles. The third-order valence-corrected chi connectivity index (χ3v) is 5.13. The maximum atomic E-state index is 12.4. The van der Waals surface area contributed by atoms with E-state index in [9.17, 15) is 4.79 Å². The van der Waals surface area contributed by atoms with Crippen LogP contribution in [0, 0.1) is 0 Å². The van der Waals surface area contributed by atoms with Crippen LogP contribution in [-0.2, 0) is 0 Å². The third kappa shape index (κ3) is 4.18. The van der Waals surface area contributed by atoms with Gasteiger partial charge in [-0.25, -0.2) is 0 Å². The average Bonchev–Trinajstić information content (AvgIpc) is 2.78. The minimum absolute atomic E-state index is 0.0742. The highest BCUT2D eigenvalue weighted by atomic mass is 35.5. The van der Waals surface area contributed by atoms with Crippen LogP contribution >= 0.6 is 34.5 Å². The number of nitrogens with one attached hydrogen (secondary N) is 1. The summed E-state index contributed by atoms with van der Waals surface area (Å²) in [5.74, 6) is 0.0742. The van der Waals surface area contributed by atoms with E-state index >= 15 is 0 Å². The van der Waals surface area contributed by atoms with Gasteiger partial charge in [-0.05, 0) is 45.0 Å². The standard InChI is InChI=1S/C14H20Cl2N2OS/c1-2-7-18(10-3-5-17-6-4-10)9-12(19)11-8-13(15)20-14(11)16/h8,10,17H,2-7,9H2,1H3. The number of carbonyl (C=O) groups is 1. The van der Waals surface area contributed by atoms with Crippen LogP contribution in [-0.4, -0.2) is 42.9 Å². The number of nitrogens with zero attached hydrogens (tertiary/aromatic N) is 1. The van der Waals surface area contributed by atoms with Crippen molar-refractivity contribution in [2.45, 2.75) is 32.2 Å². The quantitative estimate of drug-likeness (QED) is 0.805. The van der Waals surface area contributed by atoms with Crippen molar-refractivity contribution < 1.29 is 4.79 Å². The monoisotopic (exact) mass is 334 g/mol. The first-order chi connectivity index (χ1) is 9.61. The van der Waals surface area contributed by atoms with Crippen molar-refractivity contribution in [3.05, 3.63) is 20.3 Å². The number of hydrogen-bond donors (Lipinski definition) is 1. The molecular weight excluding hydrogens is 315 g/mol. The van der Waals surface area contributed by atoms with Gasteiger partial charge in [0, 0.05) is 6.04 Å². The van der Waals surface area contributed by atoms with Gasteiger partial charge in [-0.15, -0.1) is 11.3 Å². The normalized spacial score (nSPS) is 16.8. The predicted molar refractivity (Wildman–Crippen MR) is 86.4 cm³/mol. The molecule has 0 spiro atoms. The minimum atomic E-state index is 0.0742. The van der Waals surface area contributed by atoms with Gasteiger partial charge in [-0.2, -0.15) is 0 Å². The van der Waals surface area contributed by atoms with E-state index in [1.165, 1.54) is 11.3 Å². The van der Waals surface area contributed by atoms with E-state index < -0.39 is 0 Å². The van der Waals surface area contributed by atoms with Gasteiger partial charge in [0.15, 0.2) is 5.78 Å². The molecule has 6 heteroatoms. The number of halogens is 2. The molecule has 0 radical (unpaired) electrons. The molecule has 1 aliphatic rings. The average molecular weight is 335 g/mol. The molecule has 0 bridgehead atoms. The first-order valence-corrected chi connectivity index (χ1v) is 8.62. The lowest BCUT2D eigenvalue weighted by Crippen LogP contribution is -2.45. The SMILES string of the molecule is CCCN(CC(=O)c1cc(Cl)sc1Cl)C1CCNCC1. The van der Waals surface area contributed by atoms with Crippen LogP contribution in [0.25, 0.3) is 0 Å². The van der Waals surface area contributed by atoms with Crippen molar-refractivity contribution in [2.75, 3.05) is 26.2 Å². The summed E-state index contributed by atoms with van der Waals surface area (Å²) in [7, 11) is 0. The molecule has 3 nitrogen and oxygen atoms in total. The summed E-state index contributed by atoms with van der Waals surface area (Å²) in [4.78, 5) is 14.7. The van der Waals surface area contributed by atoms with E-state index in [2.05, 4.69) is 17.1 Å². The Morgan fingerprint density at radius 1 is 1.45 bits per heavy atom.